The monoisotopic (exact) mass is 506 g/mol. The number of nitrogens with zero attached hydrogens (tertiary/aromatic N) is 5. The van der Waals surface area contributed by atoms with Gasteiger partial charge in [0.2, 0.25) is 5.91 Å². The molecule has 1 fully saturated rings. The zero-order valence-electron chi connectivity index (χ0n) is 20.5. The fourth-order valence-corrected chi connectivity index (χ4v) is 4.85. The quantitative estimate of drug-likeness (QED) is 0.533. The third-order valence-corrected chi connectivity index (χ3v) is 7.10. The summed E-state index contributed by atoms with van der Waals surface area (Å²) in [6.45, 7) is 6.68. The molecule has 0 radical (unpaired) electrons. The van der Waals surface area contributed by atoms with E-state index in [4.69, 9.17) is 16.7 Å². The largest absolute Gasteiger partial charge is 0.351 e. The minimum Gasteiger partial charge on any atom is -0.351 e. The smallest absolute Gasteiger partial charge is 0.251 e. The number of benzene rings is 2. The van der Waals surface area contributed by atoms with Crippen molar-refractivity contribution in [1.29, 1.82) is 0 Å². The van der Waals surface area contributed by atoms with Crippen molar-refractivity contribution >= 4 is 29.2 Å². The normalized spacial score (nSPS) is 16.7. The van der Waals surface area contributed by atoms with E-state index in [-0.39, 0.29) is 11.8 Å². The minimum absolute atomic E-state index is 0.0609. The van der Waals surface area contributed by atoms with Gasteiger partial charge in [0, 0.05) is 67.9 Å². The van der Waals surface area contributed by atoms with Crippen molar-refractivity contribution < 1.29 is 9.59 Å². The molecule has 1 N–H and O–H groups in total. The summed E-state index contributed by atoms with van der Waals surface area (Å²) in [4.78, 5) is 31.8. The summed E-state index contributed by atoms with van der Waals surface area (Å²) in [6, 6.07) is 17.0. The van der Waals surface area contributed by atoms with Crippen molar-refractivity contribution in [3.8, 4) is 11.3 Å². The molecule has 2 aromatic carbocycles. The van der Waals surface area contributed by atoms with Crippen LogP contribution >= 0.6 is 11.6 Å². The van der Waals surface area contributed by atoms with Gasteiger partial charge in [0.25, 0.3) is 5.91 Å². The minimum atomic E-state index is -0.0750. The lowest BCUT2D eigenvalue weighted by molar-refractivity contribution is -0.119. The molecule has 2 aliphatic heterocycles. The number of hydrogen-bond donors (Lipinski definition) is 1. The first kappa shape index (κ1) is 24.5. The van der Waals surface area contributed by atoms with Gasteiger partial charge in [-0.3, -0.25) is 19.4 Å². The Bertz CT molecular complexity index is 1230. The standard InChI is InChI=1S/C27H31ClN6O2/c1-31-13-15-32(16-14-31)12-10-29-27(36)21-7-5-20(6-8-21)19-33-25-18-24(22-3-2-4-23(28)17-22)30-34(25)11-9-26(33)35/h2-8,17-18H,9-16,19H2,1H3,(H,29,36). The number of anilines is 1. The fourth-order valence-electron chi connectivity index (χ4n) is 4.66. The van der Waals surface area contributed by atoms with Crippen LogP contribution in [0.4, 0.5) is 5.82 Å². The van der Waals surface area contributed by atoms with Gasteiger partial charge in [-0.1, -0.05) is 35.9 Å². The van der Waals surface area contributed by atoms with Gasteiger partial charge in [0.1, 0.15) is 5.82 Å². The summed E-state index contributed by atoms with van der Waals surface area (Å²) in [7, 11) is 2.14. The van der Waals surface area contributed by atoms with Crippen molar-refractivity contribution in [3.63, 3.8) is 0 Å². The molecule has 188 valence electrons. The number of nitrogens with one attached hydrogen (secondary N) is 1. The summed E-state index contributed by atoms with van der Waals surface area (Å²) in [5, 5.41) is 8.37. The maximum absolute atomic E-state index is 12.8. The SMILES string of the molecule is CN1CCN(CCNC(=O)c2ccc(CN3C(=O)CCn4nc(-c5cccc(Cl)c5)cc43)cc2)CC1. The Balaban J connectivity index is 1.21. The zero-order valence-corrected chi connectivity index (χ0v) is 21.2. The number of hydrogen-bond acceptors (Lipinski definition) is 5. The molecule has 0 bridgehead atoms. The number of rotatable bonds is 7. The van der Waals surface area contributed by atoms with Gasteiger partial charge in [-0.05, 0) is 36.9 Å². The van der Waals surface area contributed by atoms with E-state index < -0.39 is 0 Å². The molecule has 9 heteroatoms. The number of amides is 2. The second-order valence-corrected chi connectivity index (χ2v) is 9.89. The highest BCUT2D eigenvalue weighted by Crippen LogP contribution is 2.30. The van der Waals surface area contributed by atoms with Gasteiger partial charge in [0.05, 0.1) is 18.8 Å². The number of carbonyl (C=O) groups excluding carboxylic acids is 2. The summed E-state index contributed by atoms with van der Waals surface area (Å²) in [6.07, 6.45) is 0.400. The van der Waals surface area contributed by atoms with Crippen LogP contribution < -0.4 is 10.2 Å². The van der Waals surface area contributed by atoms with E-state index in [2.05, 4.69) is 22.2 Å². The molecule has 1 aromatic heterocycles. The summed E-state index contributed by atoms with van der Waals surface area (Å²) in [5.74, 6) is 0.756. The average molecular weight is 507 g/mol. The average Bonchev–Trinajstić information content (AvgIpc) is 3.32. The number of aromatic nitrogens is 2. The van der Waals surface area contributed by atoms with Crippen molar-refractivity contribution in [1.82, 2.24) is 24.9 Å². The van der Waals surface area contributed by atoms with Crippen LogP contribution in [0.25, 0.3) is 11.3 Å². The molecule has 0 spiro atoms. The summed E-state index contributed by atoms with van der Waals surface area (Å²) in [5.41, 5.74) is 3.28. The molecule has 2 aliphatic rings. The van der Waals surface area contributed by atoms with Gasteiger partial charge in [-0.15, -0.1) is 0 Å². The molecule has 36 heavy (non-hydrogen) atoms. The Kier molecular flexibility index (Phi) is 7.36. The van der Waals surface area contributed by atoms with Crippen molar-refractivity contribution in [2.45, 2.75) is 19.5 Å². The lowest BCUT2D eigenvalue weighted by Gasteiger charge is -2.32. The number of piperazine rings is 1. The van der Waals surface area contributed by atoms with Gasteiger partial charge < -0.3 is 10.2 Å². The highest BCUT2D eigenvalue weighted by molar-refractivity contribution is 6.30. The summed E-state index contributed by atoms with van der Waals surface area (Å²) >= 11 is 6.15. The van der Waals surface area contributed by atoms with Gasteiger partial charge in [0.15, 0.2) is 0 Å². The van der Waals surface area contributed by atoms with Crippen LogP contribution in [-0.2, 0) is 17.9 Å². The topological polar surface area (TPSA) is 73.7 Å². The van der Waals surface area contributed by atoms with Gasteiger partial charge in [-0.25, -0.2) is 4.68 Å². The first-order chi connectivity index (χ1) is 17.5. The lowest BCUT2D eigenvalue weighted by atomic mass is 10.1. The Hall–Kier alpha value is -3.20. The molecule has 3 heterocycles. The van der Waals surface area contributed by atoms with Crippen LogP contribution in [-0.4, -0.2) is 77.7 Å². The molecule has 0 unspecified atom stereocenters. The lowest BCUT2D eigenvalue weighted by Crippen LogP contribution is -2.46. The molecule has 5 rings (SSSR count). The number of fused-ring (bicyclic) bond motifs is 1. The Morgan fingerprint density at radius 2 is 1.81 bits per heavy atom. The fraction of sp³-hybridized carbons (Fsp3) is 0.370. The molecular formula is C27H31ClN6O2. The highest BCUT2D eigenvalue weighted by Gasteiger charge is 2.26. The number of likely N-dealkylation sites (N-methyl/N-ethyl adjacent to an activating group) is 1. The van der Waals surface area contributed by atoms with Crippen LogP contribution in [0.3, 0.4) is 0 Å². The molecule has 2 amide bonds. The first-order valence-corrected chi connectivity index (χ1v) is 12.8. The van der Waals surface area contributed by atoms with Gasteiger partial charge in [-0.2, -0.15) is 5.10 Å². The molecule has 3 aromatic rings. The van der Waals surface area contributed by atoms with Crippen LogP contribution in [0, 0.1) is 0 Å². The Morgan fingerprint density at radius 1 is 1.03 bits per heavy atom. The van der Waals surface area contributed by atoms with Crippen LogP contribution in [0.5, 0.6) is 0 Å². The van der Waals surface area contributed by atoms with E-state index in [0.717, 1.165) is 55.4 Å². The van der Waals surface area contributed by atoms with Crippen LogP contribution in [0.15, 0.2) is 54.6 Å². The van der Waals surface area contributed by atoms with Gasteiger partial charge >= 0.3 is 0 Å². The second kappa shape index (κ2) is 10.8. The molecule has 0 atom stereocenters. The van der Waals surface area contributed by atoms with E-state index in [1.807, 2.05) is 59.3 Å². The third-order valence-electron chi connectivity index (χ3n) is 6.86. The van der Waals surface area contributed by atoms with E-state index in [9.17, 15) is 9.59 Å². The molecule has 8 nitrogen and oxygen atoms in total. The number of carbonyl (C=O) groups is 2. The number of aryl methyl sites for hydroxylation is 1. The first-order valence-electron chi connectivity index (χ1n) is 12.4. The van der Waals surface area contributed by atoms with E-state index in [1.54, 1.807) is 4.90 Å². The number of halogens is 1. The Labute approximate surface area is 216 Å². The predicted molar refractivity (Wildman–Crippen MR) is 141 cm³/mol. The highest BCUT2D eigenvalue weighted by atomic mass is 35.5. The summed E-state index contributed by atoms with van der Waals surface area (Å²) < 4.78 is 1.87. The molecule has 1 saturated heterocycles. The maximum atomic E-state index is 12.8. The molecule has 0 saturated carbocycles. The molecular weight excluding hydrogens is 476 g/mol. The van der Waals surface area contributed by atoms with Crippen molar-refractivity contribution in [2.24, 2.45) is 0 Å². The Morgan fingerprint density at radius 3 is 2.56 bits per heavy atom. The molecule has 0 aliphatic carbocycles. The van der Waals surface area contributed by atoms with Crippen molar-refractivity contribution in [3.05, 3.63) is 70.7 Å². The predicted octanol–water partition coefficient (Wildman–Crippen LogP) is 3.12. The van der Waals surface area contributed by atoms with Crippen LogP contribution in [0.1, 0.15) is 22.3 Å². The van der Waals surface area contributed by atoms with E-state index >= 15 is 0 Å². The third kappa shape index (κ3) is 5.61. The van der Waals surface area contributed by atoms with Crippen LogP contribution in [0.2, 0.25) is 5.02 Å². The maximum Gasteiger partial charge on any atom is 0.251 e. The van der Waals surface area contributed by atoms with E-state index in [0.29, 0.717) is 36.6 Å². The van der Waals surface area contributed by atoms with E-state index in [1.165, 1.54) is 0 Å². The van der Waals surface area contributed by atoms with Crippen molar-refractivity contribution in [2.75, 3.05) is 51.2 Å². The zero-order chi connectivity index (χ0) is 25.1. The second-order valence-electron chi connectivity index (χ2n) is 9.45.